The number of anilines is 1. The molecular formula is C17H15F3N4. The third kappa shape index (κ3) is 3.56. The summed E-state index contributed by atoms with van der Waals surface area (Å²) >= 11 is 0. The molecule has 3 aromatic rings. The number of hydrogen-bond donors (Lipinski definition) is 1. The van der Waals surface area contributed by atoms with Crippen LogP contribution in [0.5, 0.6) is 0 Å². The number of alkyl halides is 3. The molecule has 4 nitrogen and oxygen atoms in total. The fraction of sp³-hybridized carbons (Fsp3) is 0.176. The van der Waals surface area contributed by atoms with E-state index in [0.717, 1.165) is 17.7 Å². The van der Waals surface area contributed by atoms with Crippen LogP contribution < -0.4 is 5.73 Å². The summed E-state index contributed by atoms with van der Waals surface area (Å²) in [4.78, 5) is 0. The van der Waals surface area contributed by atoms with E-state index in [1.165, 1.54) is 6.07 Å². The van der Waals surface area contributed by atoms with Crippen molar-refractivity contribution >= 4 is 5.69 Å². The maximum Gasteiger partial charge on any atom is 0.416 e. The molecule has 0 radical (unpaired) electrons. The second-order valence-electron chi connectivity index (χ2n) is 5.45. The molecule has 0 aliphatic heterocycles. The molecule has 0 bridgehead atoms. The molecule has 0 saturated carbocycles. The van der Waals surface area contributed by atoms with Crippen molar-refractivity contribution < 1.29 is 13.2 Å². The van der Waals surface area contributed by atoms with Crippen molar-refractivity contribution in [3.63, 3.8) is 0 Å². The van der Waals surface area contributed by atoms with Gasteiger partial charge in [0.2, 0.25) is 0 Å². The average molecular weight is 332 g/mol. The van der Waals surface area contributed by atoms with Crippen molar-refractivity contribution in [3.8, 4) is 0 Å². The summed E-state index contributed by atoms with van der Waals surface area (Å²) in [6, 6.07) is 13.1. The molecule has 7 heteroatoms. The van der Waals surface area contributed by atoms with E-state index >= 15 is 0 Å². The summed E-state index contributed by atoms with van der Waals surface area (Å²) in [5.41, 5.74) is 6.79. The SMILES string of the molecule is Nc1cc(C(F)(F)F)ccc1Cc1nncn1Cc1ccccc1. The highest BCUT2D eigenvalue weighted by molar-refractivity contribution is 5.51. The van der Waals surface area contributed by atoms with Crippen LogP contribution in [0.25, 0.3) is 0 Å². The van der Waals surface area contributed by atoms with Gasteiger partial charge in [0.25, 0.3) is 0 Å². The molecule has 0 aliphatic carbocycles. The monoisotopic (exact) mass is 332 g/mol. The highest BCUT2D eigenvalue weighted by Gasteiger charge is 2.30. The van der Waals surface area contributed by atoms with E-state index in [1.807, 2.05) is 34.9 Å². The zero-order valence-corrected chi connectivity index (χ0v) is 12.7. The number of rotatable bonds is 4. The summed E-state index contributed by atoms with van der Waals surface area (Å²) in [7, 11) is 0. The molecule has 3 rings (SSSR count). The van der Waals surface area contributed by atoms with Crippen LogP contribution in [0.3, 0.4) is 0 Å². The number of nitrogens with two attached hydrogens (primary N) is 1. The normalized spacial score (nSPS) is 11.6. The molecule has 0 fully saturated rings. The highest BCUT2D eigenvalue weighted by Crippen LogP contribution is 2.31. The molecule has 1 aromatic heterocycles. The van der Waals surface area contributed by atoms with Gasteiger partial charge in [-0.2, -0.15) is 13.2 Å². The number of aromatic nitrogens is 3. The first-order valence-corrected chi connectivity index (χ1v) is 7.29. The lowest BCUT2D eigenvalue weighted by molar-refractivity contribution is -0.137. The third-order valence-corrected chi connectivity index (χ3v) is 3.71. The number of nitrogen functional groups attached to an aromatic ring is 1. The van der Waals surface area contributed by atoms with Crippen LogP contribution in [0, 0.1) is 0 Å². The van der Waals surface area contributed by atoms with Crippen LogP contribution in [0.4, 0.5) is 18.9 Å². The summed E-state index contributed by atoms with van der Waals surface area (Å²) in [5, 5.41) is 7.95. The van der Waals surface area contributed by atoms with Crippen molar-refractivity contribution in [1.29, 1.82) is 0 Å². The van der Waals surface area contributed by atoms with Gasteiger partial charge in [0, 0.05) is 12.1 Å². The van der Waals surface area contributed by atoms with Gasteiger partial charge in [-0.05, 0) is 23.3 Å². The fourth-order valence-electron chi connectivity index (χ4n) is 2.43. The lowest BCUT2D eigenvalue weighted by Gasteiger charge is -2.11. The molecule has 0 aliphatic rings. The molecule has 0 saturated heterocycles. The Bertz CT molecular complexity index is 825. The molecule has 2 N–H and O–H groups in total. The van der Waals surface area contributed by atoms with Gasteiger partial charge in [0.1, 0.15) is 12.2 Å². The predicted octanol–water partition coefficient (Wildman–Crippen LogP) is 3.52. The lowest BCUT2D eigenvalue weighted by atomic mass is 10.1. The summed E-state index contributed by atoms with van der Waals surface area (Å²) in [6.45, 7) is 0.587. The average Bonchev–Trinajstić information content (AvgIpc) is 2.96. The van der Waals surface area contributed by atoms with Crippen molar-refractivity contribution in [3.05, 3.63) is 77.4 Å². The Morgan fingerprint density at radius 3 is 2.46 bits per heavy atom. The van der Waals surface area contributed by atoms with Gasteiger partial charge in [-0.15, -0.1) is 10.2 Å². The van der Waals surface area contributed by atoms with Crippen LogP contribution in [-0.4, -0.2) is 14.8 Å². The number of benzene rings is 2. The van der Waals surface area contributed by atoms with E-state index in [-0.39, 0.29) is 5.69 Å². The largest absolute Gasteiger partial charge is 0.416 e. The second kappa shape index (κ2) is 6.35. The maximum absolute atomic E-state index is 12.7. The van der Waals surface area contributed by atoms with Gasteiger partial charge in [0.15, 0.2) is 0 Å². The summed E-state index contributed by atoms with van der Waals surface area (Å²) in [5.74, 6) is 0.644. The first kappa shape index (κ1) is 16.0. The molecule has 0 amide bonds. The minimum Gasteiger partial charge on any atom is -0.398 e. The smallest absolute Gasteiger partial charge is 0.398 e. The quantitative estimate of drug-likeness (QED) is 0.744. The fourth-order valence-corrected chi connectivity index (χ4v) is 2.43. The molecule has 0 spiro atoms. The maximum atomic E-state index is 12.7. The Morgan fingerprint density at radius 2 is 1.79 bits per heavy atom. The van der Waals surface area contributed by atoms with Crippen LogP contribution in [0.1, 0.15) is 22.5 Å². The zero-order chi connectivity index (χ0) is 17.2. The van der Waals surface area contributed by atoms with Crippen LogP contribution in [0.2, 0.25) is 0 Å². The van der Waals surface area contributed by atoms with Crippen molar-refractivity contribution in [2.24, 2.45) is 0 Å². The molecule has 1 heterocycles. The molecule has 24 heavy (non-hydrogen) atoms. The highest BCUT2D eigenvalue weighted by atomic mass is 19.4. The van der Waals surface area contributed by atoms with E-state index in [0.29, 0.717) is 24.4 Å². The Morgan fingerprint density at radius 1 is 1.04 bits per heavy atom. The molecule has 2 aromatic carbocycles. The Hall–Kier alpha value is -2.83. The van der Waals surface area contributed by atoms with E-state index < -0.39 is 11.7 Å². The number of halogens is 3. The summed E-state index contributed by atoms with van der Waals surface area (Å²) < 4.78 is 40.0. The van der Waals surface area contributed by atoms with Crippen LogP contribution in [0.15, 0.2) is 54.9 Å². The van der Waals surface area contributed by atoms with Crippen molar-refractivity contribution in [1.82, 2.24) is 14.8 Å². The molecule has 0 unspecified atom stereocenters. The van der Waals surface area contributed by atoms with Crippen molar-refractivity contribution in [2.75, 3.05) is 5.73 Å². The Kier molecular flexibility index (Phi) is 4.24. The van der Waals surface area contributed by atoms with Gasteiger partial charge >= 0.3 is 6.18 Å². The Balaban J connectivity index is 1.81. The first-order valence-electron chi connectivity index (χ1n) is 7.29. The summed E-state index contributed by atoms with van der Waals surface area (Å²) in [6.07, 6.45) is -2.49. The Labute approximate surface area is 136 Å². The number of hydrogen-bond acceptors (Lipinski definition) is 3. The minimum absolute atomic E-state index is 0.0964. The van der Waals surface area contributed by atoms with Crippen molar-refractivity contribution in [2.45, 2.75) is 19.1 Å². The van der Waals surface area contributed by atoms with Gasteiger partial charge in [-0.3, -0.25) is 0 Å². The molecular weight excluding hydrogens is 317 g/mol. The lowest BCUT2D eigenvalue weighted by Crippen LogP contribution is -2.09. The number of nitrogens with zero attached hydrogens (tertiary/aromatic N) is 3. The second-order valence-corrected chi connectivity index (χ2v) is 5.45. The zero-order valence-electron chi connectivity index (χ0n) is 12.7. The molecule has 124 valence electrons. The molecule has 0 atom stereocenters. The minimum atomic E-state index is -4.40. The first-order chi connectivity index (χ1) is 11.4. The standard InChI is InChI=1S/C17H15F3N4/c18-17(19,20)14-7-6-13(15(21)9-14)8-16-23-22-11-24(16)10-12-4-2-1-3-5-12/h1-7,9,11H,8,10,21H2. The van der Waals surface area contributed by atoms with Gasteiger partial charge < -0.3 is 10.3 Å². The van der Waals surface area contributed by atoms with E-state index in [1.54, 1.807) is 6.33 Å². The van der Waals surface area contributed by atoms with Crippen LogP contribution in [-0.2, 0) is 19.1 Å². The van der Waals surface area contributed by atoms with Gasteiger partial charge in [-0.1, -0.05) is 36.4 Å². The van der Waals surface area contributed by atoms with Gasteiger partial charge in [0.05, 0.1) is 12.1 Å². The predicted molar refractivity (Wildman–Crippen MR) is 84.2 cm³/mol. The van der Waals surface area contributed by atoms with E-state index in [2.05, 4.69) is 10.2 Å². The van der Waals surface area contributed by atoms with Gasteiger partial charge in [-0.25, -0.2) is 0 Å². The van der Waals surface area contributed by atoms with E-state index in [9.17, 15) is 13.2 Å². The third-order valence-electron chi connectivity index (χ3n) is 3.71. The topological polar surface area (TPSA) is 56.7 Å². The van der Waals surface area contributed by atoms with Crippen LogP contribution >= 0.6 is 0 Å². The van der Waals surface area contributed by atoms with E-state index in [4.69, 9.17) is 5.73 Å².